The van der Waals surface area contributed by atoms with E-state index in [1.165, 1.54) is 32.6 Å². The lowest BCUT2D eigenvalue weighted by Crippen LogP contribution is -2.38. The average Bonchev–Trinajstić information content (AvgIpc) is 2.69. The molecular formula is C19H26N4O4S2. The molecule has 2 aromatic rings. The van der Waals surface area contributed by atoms with Crippen LogP contribution in [0.15, 0.2) is 52.5 Å². The molecule has 1 aromatic carbocycles. The maximum atomic E-state index is 12.9. The third-order valence-corrected chi connectivity index (χ3v) is 8.11. The van der Waals surface area contributed by atoms with Gasteiger partial charge in [0.05, 0.1) is 11.4 Å². The molecule has 10 heteroatoms. The Labute approximate surface area is 172 Å². The predicted octanol–water partition coefficient (Wildman–Crippen LogP) is 2.51. The number of nitrogens with one attached hydrogen (secondary N) is 1. The average molecular weight is 439 g/mol. The summed E-state index contributed by atoms with van der Waals surface area (Å²) in [6, 6.07) is 10.1. The first-order valence-corrected chi connectivity index (χ1v) is 12.3. The van der Waals surface area contributed by atoms with Crippen molar-refractivity contribution >= 4 is 31.4 Å². The highest BCUT2D eigenvalue weighted by Gasteiger charge is 2.24. The largest absolute Gasteiger partial charge is 0.367 e. The van der Waals surface area contributed by atoms with E-state index in [1.807, 2.05) is 12.1 Å². The Morgan fingerprint density at radius 1 is 1.07 bits per heavy atom. The number of pyridine rings is 1. The first-order valence-electron chi connectivity index (χ1n) is 9.40. The molecule has 1 atom stereocenters. The Balaban J connectivity index is 1.89. The molecule has 158 valence electrons. The number of hydrogen-bond acceptors (Lipinski definition) is 6. The van der Waals surface area contributed by atoms with Gasteiger partial charge < -0.3 is 4.90 Å². The molecule has 0 saturated carbocycles. The van der Waals surface area contributed by atoms with Crippen LogP contribution in [0.1, 0.15) is 26.2 Å². The fourth-order valence-electron chi connectivity index (χ4n) is 3.34. The van der Waals surface area contributed by atoms with Gasteiger partial charge in [-0.15, -0.1) is 0 Å². The SMILES string of the molecule is CC1CCCCN1c1ccccc1NS(=O)(=O)c1ccc(S(=O)(=O)N(C)C)nc1. The maximum Gasteiger partial charge on any atom is 0.263 e. The number of anilines is 2. The second kappa shape index (κ2) is 8.29. The van der Waals surface area contributed by atoms with Gasteiger partial charge >= 0.3 is 0 Å². The van der Waals surface area contributed by atoms with Crippen LogP contribution in [-0.2, 0) is 20.0 Å². The third kappa shape index (κ3) is 4.54. The Morgan fingerprint density at radius 2 is 1.79 bits per heavy atom. The summed E-state index contributed by atoms with van der Waals surface area (Å²) in [6.07, 6.45) is 4.36. The van der Waals surface area contributed by atoms with Crippen molar-refractivity contribution in [2.24, 2.45) is 0 Å². The van der Waals surface area contributed by atoms with Crippen LogP contribution in [0.5, 0.6) is 0 Å². The maximum absolute atomic E-state index is 12.9. The molecule has 1 aliphatic rings. The van der Waals surface area contributed by atoms with Crippen molar-refractivity contribution in [1.29, 1.82) is 0 Å². The van der Waals surface area contributed by atoms with E-state index in [1.54, 1.807) is 12.1 Å². The quantitative estimate of drug-likeness (QED) is 0.744. The van der Waals surface area contributed by atoms with Crippen molar-refractivity contribution in [3.8, 4) is 0 Å². The molecule has 29 heavy (non-hydrogen) atoms. The minimum absolute atomic E-state index is 0.100. The summed E-state index contributed by atoms with van der Waals surface area (Å²) in [6.45, 7) is 3.01. The first kappa shape index (κ1) is 21.5. The zero-order valence-electron chi connectivity index (χ0n) is 16.7. The van der Waals surface area contributed by atoms with Crippen LogP contribution in [-0.4, -0.2) is 52.8 Å². The van der Waals surface area contributed by atoms with Crippen LogP contribution in [0, 0.1) is 0 Å². The summed E-state index contributed by atoms with van der Waals surface area (Å²) in [5.74, 6) is 0. The Bertz CT molecular complexity index is 1070. The fourth-order valence-corrected chi connectivity index (χ4v) is 5.15. The molecule has 0 bridgehead atoms. The number of sulfonamides is 2. The van der Waals surface area contributed by atoms with E-state index in [9.17, 15) is 16.8 Å². The van der Waals surface area contributed by atoms with Crippen molar-refractivity contribution in [1.82, 2.24) is 9.29 Å². The van der Waals surface area contributed by atoms with Crippen molar-refractivity contribution < 1.29 is 16.8 Å². The standard InChI is InChI=1S/C19H26N4O4S2/c1-15-8-6-7-13-23(15)18-10-5-4-9-17(18)21-28(24,25)16-11-12-19(20-14-16)29(26,27)22(2)3/h4-5,9-12,14-15,21H,6-8,13H2,1-3H3. The van der Waals surface area contributed by atoms with Gasteiger partial charge in [-0.05, 0) is 50.5 Å². The van der Waals surface area contributed by atoms with Gasteiger partial charge in [0.25, 0.3) is 20.0 Å². The van der Waals surface area contributed by atoms with Gasteiger partial charge in [0.15, 0.2) is 5.03 Å². The zero-order valence-corrected chi connectivity index (χ0v) is 18.4. The monoisotopic (exact) mass is 438 g/mol. The number of aromatic nitrogens is 1. The Kier molecular flexibility index (Phi) is 6.16. The molecule has 8 nitrogen and oxygen atoms in total. The second-order valence-electron chi connectivity index (χ2n) is 7.28. The summed E-state index contributed by atoms with van der Waals surface area (Å²) >= 11 is 0. The van der Waals surface area contributed by atoms with E-state index >= 15 is 0 Å². The number of para-hydroxylation sites is 2. The van der Waals surface area contributed by atoms with Crippen molar-refractivity contribution in [2.75, 3.05) is 30.3 Å². The fraction of sp³-hybridized carbons (Fsp3) is 0.421. The van der Waals surface area contributed by atoms with Crippen LogP contribution in [0.4, 0.5) is 11.4 Å². The molecule has 0 amide bonds. The molecule has 1 aromatic heterocycles. The van der Waals surface area contributed by atoms with Crippen LogP contribution in [0.2, 0.25) is 0 Å². The molecule has 0 radical (unpaired) electrons. The lowest BCUT2D eigenvalue weighted by Gasteiger charge is -2.36. The van der Waals surface area contributed by atoms with E-state index in [-0.39, 0.29) is 9.92 Å². The minimum Gasteiger partial charge on any atom is -0.367 e. The van der Waals surface area contributed by atoms with Crippen molar-refractivity contribution in [3.63, 3.8) is 0 Å². The second-order valence-corrected chi connectivity index (χ2v) is 11.1. The highest BCUT2D eigenvalue weighted by Crippen LogP contribution is 2.32. The summed E-state index contributed by atoms with van der Waals surface area (Å²) in [7, 11) is -4.87. The van der Waals surface area contributed by atoms with Crippen LogP contribution >= 0.6 is 0 Å². The molecule has 1 aliphatic heterocycles. The topological polar surface area (TPSA) is 99.7 Å². The molecule has 0 spiro atoms. The Hall–Kier alpha value is -2.17. The molecule has 0 aliphatic carbocycles. The zero-order chi connectivity index (χ0) is 21.2. The molecule has 3 rings (SSSR count). The lowest BCUT2D eigenvalue weighted by atomic mass is 10.0. The minimum atomic E-state index is -3.92. The van der Waals surface area contributed by atoms with E-state index in [0.29, 0.717) is 11.7 Å². The molecule has 1 fully saturated rings. The van der Waals surface area contributed by atoms with Crippen molar-refractivity contribution in [2.45, 2.75) is 42.1 Å². The van der Waals surface area contributed by atoms with Gasteiger partial charge in [-0.2, -0.15) is 0 Å². The van der Waals surface area contributed by atoms with E-state index in [2.05, 4.69) is 21.5 Å². The van der Waals surface area contributed by atoms with Crippen LogP contribution < -0.4 is 9.62 Å². The van der Waals surface area contributed by atoms with Gasteiger partial charge in [-0.3, -0.25) is 4.72 Å². The third-order valence-electron chi connectivity index (χ3n) is 5.03. The van der Waals surface area contributed by atoms with Crippen LogP contribution in [0.3, 0.4) is 0 Å². The summed E-state index contributed by atoms with van der Waals surface area (Å²) in [5, 5.41) is -0.205. The van der Waals surface area contributed by atoms with Gasteiger partial charge in [-0.25, -0.2) is 26.1 Å². The number of nitrogens with zero attached hydrogens (tertiary/aromatic N) is 3. The highest BCUT2D eigenvalue weighted by atomic mass is 32.2. The Morgan fingerprint density at radius 3 is 2.41 bits per heavy atom. The van der Waals surface area contributed by atoms with Gasteiger partial charge in [0.2, 0.25) is 0 Å². The lowest BCUT2D eigenvalue weighted by molar-refractivity contribution is 0.485. The normalized spacial score (nSPS) is 18.1. The van der Waals surface area contributed by atoms with Crippen molar-refractivity contribution in [3.05, 3.63) is 42.6 Å². The smallest absolute Gasteiger partial charge is 0.263 e. The number of benzene rings is 1. The highest BCUT2D eigenvalue weighted by molar-refractivity contribution is 7.92. The van der Waals surface area contributed by atoms with E-state index in [4.69, 9.17) is 0 Å². The van der Waals surface area contributed by atoms with Gasteiger partial charge in [0.1, 0.15) is 4.90 Å². The van der Waals surface area contributed by atoms with E-state index < -0.39 is 20.0 Å². The summed E-state index contributed by atoms with van der Waals surface area (Å²) < 4.78 is 53.7. The summed E-state index contributed by atoms with van der Waals surface area (Å²) in [5.41, 5.74) is 1.33. The molecular weight excluding hydrogens is 412 g/mol. The van der Waals surface area contributed by atoms with Crippen LogP contribution in [0.25, 0.3) is 0 Å². The number of hydrogen-bond donors (Lipinski definition) is 1. The van der Waals surface area contributed by atoms with Gasteiger partial charge in [-0.1, -0.05) is 12.1 Å². The molecule has 1 unspecified atom stereocenters. The molecule has 1 saturated heterocycles. The first-order chi connectivity index (χ1) is 13.6. The number of rotatable bonds is 6. The predicted molar refractivity (Wildman–Crippen MR) is 113 cm³/mol. The number of piperidine rings is 1. The summed E-state index contributed by atoms with van der Waals surface area (Å²) in [4.78, 5) is 5.96. The van der Waals surface area contributed by atoms with E-state index in [0.717, 1.165) is 35.6 Å². The molecule has 1 N–H and O–H groups in total. The van der Waals surface area contributed by atoms with Gasteiger partial charge in [0, 0.05) is 32.9 Å². The molecule has 2 heterocycles.